The molecule has 0 spiro atoms. The van der Waals surface area contributed by atoms with Gasteiger partial charge in [-0.3, -0.25) is 4.79 Å². The minimum atomic E-state index is -1.60. The Morgan fingerprint density at radius 2 is 0.852 bits per heavy atom. The summed E-state index contributed by atoms with van der Waals surface area (Å²) in [4.78, 5) is 13.0. The highest BCUT2D eigenvalue weighted by Gasteiger charge is 2.44. The van der Waals surface area contributed by atoms with Gasteiger partial charge in [-0.1, -0.05) is 239 Å². The largest absolute Gasteiger partial charge is 0.394 e. The van der Waals surface area contributed by atoms with Gasteiger partial charge in [-0.25, -0.2) is 0 Å². The van der Waals surface area contributed by atoms with Gasteiger partial charge in [0.05, 0.1) is 25.4 Å². The fourth-order valence-electron chi connectivity index (χ4n) is 8.79. The van der Waals surface area contributed by atoms with Crippen LogP contribution in [0.4, 0.5) is 0 Å². The van der Waals surface area contributed by atoms with Gasteiger partial charge in [0.15, 0.2) is 6.29 Å². The molecule has 61 heavy (non-hydrogen) atoms. The number of amides is 1. The van der Waals surface area contributed by atoms with E-state index >= 15 is 0 Å². The summed E-state index contributed by atoms with van der Waals surface area (Å²) in [7, 11) is 0. The van der Waals surface area contributed by atoms with Gasteiger partial charge in [0.1, 0.15) is 30.5 Å². The SMILES string of the molecule is CCCCCCCCCCCCCCCCCCCCCCCCCCCC(=O)N[C@@H](CO[C@H]1O[C@H](CO)[C@H](O)[C@H](O)[C@H]1O)[C@H](O)[C@H](O)CCCCCCCCCCCCC. The van der Waals surface area contributed by atoms with Crippen LogP contribution < -0.4 is 5.32 Å². The molecule has 7 N–H and O–H groups in total. The highest BCUT2D eigenvalue weighted by molar-refractivity contribution is 5.76. The van der Waals surface area contributed by atoms with Crippen molar-refractivity contribution in [2.24, 2.45) is 0 Å². The lowest BCUT2D eigenvalue weighted by Gasteiger charge is -2.40. The van der Waals surface area contributed by atoms with Crippen molar-refractivity contribution in [2.75, 3.05) is 13.2 Å². The fraction of sp³-hybridized carbons (Fsp3) is 0.980. The monoisotopic (exact) mass is 872 g/mol. The molecule has 8 atom stereocenters. The third kappa shape index (κ3) is 31.6. The van der Waals surface area contributed by atoms with Crippen molar-refractivity contribution in [3.05, 3.63) is 0 Å². The predicted octanol–water partition coefficient (Wildman–Crippen LogP) is 10.9. The van der Waals surface area contributed by atoms with E-state index < -0.39 is 55.6 Å². The molecule has 0 aromatic carbocycles. The number of ether oxygens (including phenoxy) is 2. The Bertz CT molecular complexity index is 942. The first-order valence-electron chi connectivity index (χ1n) is 26.3. The first kappa shape index (κ1) is 58.2. The molecule has 1 saturated heterocycles. The van der Waals surface area contributed by atoms with Gasteiger partial charge in [-0.05, 0) is 12.8 Å². The summed E-state index contributed by atoms with van der Waals surface area (Å²) in [6.07, 6.45) is 37.0. The Labute approximate surface area is 375 Å². The molecule has 1 aliphatic heterocycles. The fourth-order valence-corrected chi connectivity index (χ4v) is 8.79. The second kappa shape index (κ2) is 41.8. The lowest BCUT2D eigenvalue weighted by Crippen LogP contribution is -2.60. The normalized spacial score (nSPS) is 20.8. The third-order valence-electron chi connectivity index (χ3n) is 13.1. The van der Waals surface area contributed by atoms with Gasteiger partial charge in [0, 0.05) is 6.42 Å². The van der Waals surface area contributed by atoms with E-state index in [2.05, 4.69) is 19.2 Å². The predicted molar refractivity (Wildman–Crippen MR) is 250 cm³/mol. The van der Waals surface area contributed by atoms with Crippen molar-refractivity contribution in [3.8, 4) is 0 Å². The molecular formula is C51H101NO9. The molecule has 1 fully saturated rings. The van der Waals surface area contributed by atoms with E-state index in [4.69, 9.17) is 9.47 Å². The summed E-state index contributed by atoms with van der Waals surface area (Å²) in [6, 6.07) is -0.984. The van der Waals surface area contributed by atoms with Crippen molar-refractivity contribution < 1.29 is 44.9 Å². The van der Waals surface area contributed by atoms with E-state index in [1.54, 1.807) is 0 Å². The average molecular weight is 872 g/mol. The topological polar surface area (TPSA) is 169 Å². The number of nitrogens with one attached hydrogen (secondary N) is 1. The maximum absolute atomic E-state index is 13.0. The molecule has 1 rings (SSSR count). The maximum Gasteiger partial charge on any atom is 0.220 e. The van der Waals surface area contributed by atoms with Gasteiger partial charge < -0.3 is 45.4 Å². The molecule has 1 aliphatic rings. The van der Waals surface area contributed by atoms with Crippen LogP contribution >= 0.6 is 0 Å². The smallest absolute Gasteiger partial charge is 0.220 e. The first-order valence-corrected chi connectivity index (χ1v) is 26.3. The van der Waals surface area contributed by atoms with Crippen LogP contribution in [0.15, 0.2) is 0 Å². The number of hydrogen-bond donors (Lipinski definition) is 7. The van der Waals surface area contributed by atoms with Gasteiger partial charge >= 0.3 is 0 Å². The highest BCUT2D eigenvalue weighted by atomic mass is 16.7. The zero-order valence-electron chi connectivity index (χ0n) is 39.8. The Morgan fingerprint density at radius 3 is 1.21 bits per heavy atom. The summed E-state index contributed by atoms with van der Waals surface area (Å²) in [5.74, 6) is -0.252. The van der Waals surface area contributed by atoms with Crippen LogP contribution in [0, 0.1) is 0 Å². The average Bonchev–Trinajstić information content (AvgIpc) is 3.26. The molecule has 0 saturated carbocycles. The quantitative estimate of drug-likeness (QED) is 0.0295. The Morgan fingerprint density at radius 1 is 0.508 bits per heavy atom. The highest BCUT2D eigenvalue weighted by Crippen LogP contribution is 2.23. The molecule has 0 aromatic rings. The van der Waals surface area contributed by atoms with E-state index in [0.717, 1.165) is 44.9 Å². The van der Waals surface area contributed by atoms with E-state index in [1.165, 1.54) is 186 Å². The standard InChI is InChI=1S/C51H101NO9/c1-3-5-7-9-11-13-15-16-17-18-19-20-21-22-23-24-25-26-27-28-30-32-34-36-38-40-46(55)52-43(42-60-51-50(59)49(58)48(57)45(41-53)61-51)47(56)44(54)39-37-35-33-31-29-14-12-10-8-6-4-2/h43-45,47-51,53-54,56-59H,3-42H2,1-2H3,(H,52,55)/t43-,44+,45+,47-,48-,49-,50+,51-/m0/s1. The molecule has 0 aliphatic carbocycles. The minimum absolute atomic E-state index is 0.252. The molecular weight excluding hydrogens is 771 g/mol. The zero-order valence-corrected chi connectivity index (χ0v) is 39.8. The van der Waals surface area contributed by atoms with Crippen molar-refractivity contribution in [3.63, 3.8) is 0 Å². The number of unbranched alkanes of at least 4 members (excludes halogenated alkanes) is 34. The van der Waals surface area contributed by atoms with Crippen LogP contribution in [0.5, 0.6) is 0 Å². The Hall–Kier alpha value is -0.850. The lowest BCUT2D eigenvalue weighted by molar-refractivity contribution is -0.303. The van der Waals surface area contributed by atoms with Crippen LogP contribution in [0.2, 0.25) is 0 Å². The molecule has 364 valence electrons. The third-order valence-corrected chi connectivity index (χ3v) is 13.1. The number of rotatable bonds is 45. The van der Waals surface area contributed by atoms with Crippen LogP contribution in [-0.2, 0) is 14.3 Å². The molecule has 0 aromatic heterocycles. The molecule has 1 heterocycles. The molecule has 1 amide bonds. The van der Waals surface area contributed by atoms with Crippen molar-refractivity contribution in [1.82, 2.24) is 5.32 Å². The number of hydrogen-bond acceptors (Lipinski definition) is 9. The number of carbonyl (C=O) groups is 1. The van der Waals surface area contributed by atoms with Gasteiger partial charge in [-0.2, -0.15) is 0 Å². The number of aliphatic hydroxyl groups is 6. The Kier molecular flexibility index (Phi) is 39.9. The summed E-state index contributed by atoms with van der Waals surface area (Å²) in [5.41, 5.74) is 0. The first-order chi connectivity index (χ1) is 29.8. The molecule has 0 radical (unpaired) electrons. The van der Waals surface area contributed by atoms with Gasteiger partial charge in [-0.15, -0.1) is 0 Å². The zero-order chi connectivity index (χ0) is 44.6. The van der Waals surface area contributed by atoms with Crippen LogP contribution in [0.1, 0.15) is 258 Å². The van der Waals surface area contributed by atoms with Crippen LogP contribution in [0.25, 0.3) is 0 Å². The van der Waals surface area contributed by atoms with Crippen LogP contribution in [-0.4, -0.2) is 98.7 Å². The van der Waals surface area contributed by atoms with Gasteiger partial charge in [0.2, 0.25) is 5.91 Å². The summed E-state index contributed by atoms with van der Waals surface area (Å²) >= 11 is 0. The van der Waals surface area contributed by atoms with E-state index in [0.29, 0.717) is 6.42 Å². The lowest BCUT2D eigenvalue weighted by atomic mass is 9.98. The van der Waals surface area contributed by atoms with Crippen molar-refractivity contribution >= 4 is 5.91 Å². The summed E-state index contributed by atoms with van der Waals surface area (Å²) in [6.45, 7) is 3.62. The molecule has 10 nitrogen and oxygen atoms in total. The number of aliphatic hydroxyl groups excluding tert-OH is 6. The van der Waals surface area contributed by atoms with Crippen molar-refractivity contribution in [2.45, 2.75) is 307 Å². The van der Waals surface area contributed by atoms with Crippen molar-refractivity contribution in [1.29, 1.82) is 0 Å². The van der Waals surface area contributed by atoms with E-state index in [-0.39, 0.29) is 18.9 Å². The molecule has 0 bridgehead atoms. The minimum Gasteiger partial charge on any atom is -0.394 e. The summed E-state index contributed by atoms with van der Waals surface area (Å²) in [5, 5.41) is 65.2. The Balaban J connectivity index is 2.22. The maximum atomic E-state index is 13.0. The summed E-state index contributed by atoms with van der Waals surface area (Å²) < 4.78 is 11.2. The van der Waals surface area contributed by atoms with E-state index in [9.17, 15) is 35.4 Å². The van der Waals surface area contributed by atoms with Gasteiger partial charge in [0.25, 0.3) is 0 Å². The van der Waals surface area contributed by atoms with Crippen LogP contribution in [0.3, 0.4) is 0 Å². The number of carbonyl (C=O) groups excluding carboxylic acids is 1. The second-order valence-corrected chi connectivity index (χ2v) is 18.8. The molecule has 0 unspecified atom stereocenters. The molecule has 10 heteroatoms. The van der Waals surface area contributed by atoms with E-state index in [1.807, 2.05) is 0 Å². The second-order valence-electron chi connectivity index (χ2n) is 18.8.